The second kappa shape index (κ2) is 7.78. The van der Waals surface area contributed by atoms with Crippen molar-refractivity contribution in [2.45, 2.75) is 31.8 Å². The lowest BCUT2D eigenvalue weighted by atomic mass is 10.0. The summed E-state index contributed by atoms with van der Waals surface area (Å²) in [4.78, 5) is 38.3. The number of aromatic carboxylic acids is 1. The van der Waals surface area contributed by atoms with Gasteiger partial charge in [0.05, 0.1) is 17.4 Å². The summed E-state index contributed by atoms with van der Waals surface area (Å²) in [6, 6.07) is 2.43. The number of hydrogen-bond donors (Lipinski definition) is 2. The van der Waals surface area contributed by atoms with E-state index in [1.54, 1.807) is 0 Å². The van der Waals surface area contributed by atoms with E-state index in [4.69, 9.17) is 5.11 Å². The number of thioether (sulfide) groups is 1. The van der Waals surface area contributed by atoms with E-state index in [9.17, 15) is 14.4 Å². The second-order valence-corrected chi connectivity index (χ2v) is 5.81. The Balaban J connectivity index is 2.65. The zero-order chi connectivity index (χ0) is 16.0. The number of amides is 1. The Hall–Kier alpha value is -1.89. The molecule has 0 bridgehead atoms. The number of hydrogen-bond acceptors (Lipinski definition) is 5. The smallest absolute Gasteiger partial charge is 0.338 e. The van der Waals surface area contributed by atoms with Gasteiger partial charge in [0.15, 0.2) is 5.78 Å². The summed E-state index contributed by atoms with van der Waals surface area (Å²) in [5, 5.41) is 12.0. The van der Waals surface area contributed by atoms with Crippen molar-refractivity contribution in [2.75, 3.05) is 5.75 Å². The summed E-state index contributed by atoms with van der Waals surface area (Å²) in [5.74, 6) is -1.51. The first-order valence-corrected chi connectivity index (χ1v) is 7.42. The largest absolute Gasteiger partial charge is 0.478 e. The number of carboxylic acids is 1. The molecule has 2 N–H and O–H groups in total. The van der Waals surface area contributed by atoms with Gasteiger partial charge in [0, 0.05) is 6.20 Å². The summed E-state index contributed by atoms with van der Waals surface area (Å²) in [7, 11) is 0. The molecule has 0 aliphatic heterocycles. The van der Waals surface area contributed by atoms with Gasteiger partial charge in [0.1, 0.15) is 5.03 Å². The Morgan fingerprint density at radius 1 is 1.38 bits per heavy atom. The van der Waals surface area contributed by atoms with Crippen LogP contribution in [0.2, 0.25) is 0 Å². The molecule has 0 radical (unpaired) electrons. The first-order chi connectivity index (χ1) is 9.82. The van der Waals surface area contributed by atoms with E-state index in [2.05, 4.69) is 10.3 Å². The van der Waals surface area contributed by atoms with E-state index in [1.807, 2.05) is 13.8 Å². The van der Waals surface area contributed by atoms with Crippen molar-refractivity contribution in [2.24, 2.45) is 5.92 Å². The van der Waals surface area contributed by atoms with Crippen molar-refractivity contribution in [3.8, 4) is 0 Å². The van der Waals surface area contributed by atoms with Crippen molar-refractivity contribution >= 4 is 29.4 Å². The van der Waals surface area contributed by atoms with Crippen LogP contribution in [-0.2, 0) is 9.59 Å². The number of carboxylic acid groups (broad SMARTS) is 1. The Morgan fingerprint density at radius 2 is 2.05 bits per heavy atom. The normalized spacial score (nSPS) is 12.0. The molecule has 0 fully saturated rings. The van der Waals surface area contributed by atoms with Gasteiger partial charge >= 0.3 is 5.97 Å². The van der Waals surface area contributed by atoms with Gasteiger partial charge < -0.3 is 10.4 Å². The molecule has 0 aliphatic rings. The molecule has 6 nitrogen and oxygen atoms in total. The Labute approximate surface area is 127 Å². The molecule has 1 amide bonds. The lowest BCUT2D eigenvalue weighted by Gasteiger charge is -2.19. The molecule has 1 aromatic rings. The summed E-state index contributed by atoms with van der Waals surface area (Å²) in [6.45, 7) is 5.13. The lowest BCUT2D eigenvalue weighted by molar-refractivity contribution is -0.126. The van der Waals surface area contributed by atoms with E-state index < -0.39 is 12.0 Å². The van der Waals surface area contributed by atoms with Gasteiger partial charge in [0.25, 0.3) is 0 Å². The van der Waals surface area contributed by atoms with Crippen molar-refractivity contribution in [3.05, 3.63) is 23.9 Å². The maximum atomic E-state index is 11.9. The molecule has 1 heterocycles. The average molecular weight is 310 g/mol. The third-order valence-electron chi connectivity index (χ3n) is 2.76. The fourth-order valence-corrected chi connectivity index (χ4v) is 2.55. The van der Waals surface area contributed by atoms with Crippen LogP contribution in [0.15, 0.2) is 23.4 Å². The molecular formula is C14H18N2O4S. The minimum Gasteiger partial charge on any atom is -0.478 e. The molecule has 0 aliphatic carbocycles. The fraction of sp³-hybridized carbons (Fsp3) is 0.429. The highest BCUT2D eigenvalue weighted by atomic mass is 32.2. The zero-order valence-corrected chi connectivity index (χ0v) is 12.9. The average Bonchev–Trinajstić information content (AvgIpc) is 2.42. The summed E-state index contributed by atoms with van der Waals surface area (Å²) in [5.41, 5.74) is 0.0577. The number of rotatable bonds is 7. The van der Waals surface area contributed by atoms with Crippen molar-refractivity contribution in [3.63, 3.8) is 0 Å². The van der Waals surface area contributed by atoms with Gasteiger partial charge in [-0.05, 0) is 25.0 Å². The predicted octanol–water partition coefficient (Wildman–Crippen LogP) is 1.60. The molecule has 1 aromatic heterocycles. The molecule has 7 heteroatoms. The highest BCUT2D eigenvalue weighted by molar-refractivity contribution is 8.00. The molecule has 1 atom stereocenters. The van der Waals surface area contributed by atoms with Crippen LogP contribution in [0.3, 0.4) is 0 Å². The highest BCUT2D eigenvalue weighted by Gasteiger charge is 2.21. The molecule has 0 spiro atoms. The first-order valence-electron chi connectivity index (χ1n) is 6.43. The van der Waals surface area contributed by atoms with Crippen LogP contribution in [0, 0.1) is 5.92 Å². The van der Waals surface area contributed by atoms with Crippen LogP contribution < -0.4 is 5.32 Å². The topological polar surface area (TPSA) is 96.4 Å². The fourth-order valence-electron chi connectivity index (χ4n) is 1.76. The van der Waals surface area contributed by atoms with Crippen LogP contribution in [0.1, 0.15) is 31.1 Å². The molecule has 0 aromatic carbocycles. The van der Waals surface area contributed by atoms with Crippen LogP contribution in [0.25, 0.3) is 0 Å². The molecule has 0 saturated carbocycles. The van der Waals surface area contributed by atoms with Gasteiger partial charge in [-0.2, -0.15) is 0 Å². The molecule has 1 unspecified atom stereocenters. The number of nitrogens with zero attached hydrogens (tertiary/aromatic N) is 1. The van der Waals surface area contributed by atoms with Gasteiger partial charge in [0.2, 0.25) is 5.91 Å². The van der Waals surface area contributed by atoms with E-state index >= 15 is 0 Å². The van der Waals surface area contributed by atoms with Crippen LogP contribution in [0.5, 0.6) is 0 Å². The molecule has 114 valence electrons. The van der Waals surface area contributed by atoms with E-state index in [0.29, 0.717) is 0 Å². The van der Waals surface area contributed by atoms with Gasteiger partial charge in [-0.1, -0.05) is 25.6 Å². The number of carbonyl (C=O) groups is 3. The van der Waals surface area contributed by atoms with Crippen LogP contribution in [0.4, 0.5) is 0 Å². The molecule has 0 saturated heterocycles. The van der Waals surface area contributed by atoms with E-state index in [0.717, 1.165) is 11.8 Å². The minimum absolute atomic E-state index is 0.000816. The third-order valence-corrected chi connectivity index (χ3v) is 3.77. The predicted molar refractivity (Wildman–Crippen MR) is 79.4 cm³/mol. The van der Waals surface area contributed by atoms with E-state index in [-0.39, 0.29) is 34.0 Å². The van der Waals surface area contributed by atoms with Gasteiger partial charge in [-0.15, -0.1) is 0 Å². The first kappa shape index (κ1) is 17.2. The Morgan fingerprint density at radius 3 is 2.57 bits per heavy atom. The van der Waals surface area contributed by atoms with Crippen molar-refractivity contribution in [1.29, 1.82) is 0 Å². The number of ketones is 1. The minimum atomic E-state index is -1.09. The van der Waals surface area contributed by atoms with Crippen LogP contribution >= 0.6 is 11.8 Å². The highest BCUT2D eigenvalue weighted by Crippen LogP contribution is 2.19. The number of nitrogens with one attached hydrogen (secondary N) is 1. The zero-order valence-electron chi connectivity index (χ0n) is 12.1. The maximum absolute atomic E-state index is 11.9. The Bertz CT molecular complexity index is 546. The second-order valence-electron chi connectivity index (χ2n) is 4.85. The number of pyridine rings is 1. The molecular weight excluding hydrogens is 292 g/mol. The number of aromatic nitrogens is 1. The van der Waals surface area contributed by atoms with Gasteiger partial charge in [-0.25, -0.2) is 9.78 Å². The molecule has 21 heavy (non-hydrogen) atoms. The number of carbonyl (C=O) groups excluding carboxylic acids is 2. The number of Topliss-reactive ketones (excluding diaryl/α,β-unsaturated/α-hetero) is 1. The lowest BCUT2D eigenvalue weighted by Crippen LogP contribution is -2.44. The van der Waals surface area contributed by atoms with Gasteiger partial charge in [-0.3, -0.25) is 9.59 Å². The van der Waals surface area contributed by atoms with E-state index in [1.165, 1.54) is 25.3 Å². The third kappa shape index (κ3) is 5.18. The summed E-state index contributed by atoms with van der Waals surface area (Å²) in [6.07, 6.45) is 1.47. The molecule has 1 rings (SSSR count). The summed E-state index contributed by atoms with van der Waals surface area (Å²) < 4.78 is 0. The van der Waals surface area contributed by atoms with Crippen molar-refractivity contribution in [1.82, 2.24) is 10.3 Å². The van der Waals surface area contributed by atoms with Crippen molar-refractivity contribution < 1.29 is 19.5 Å². The monoisotopic (exact) mass is 310 g/mol. The Kier molecular flexibility index (Phi) is 6.36. The quantitative estimate of drug-likeness (QED) is 0.743. The summed E-state index contributed by atoms with van der Waals surface area (Å²) >= 11 is 1.03. The standard InChI is InChI=1S/C14H18N2O4S/c1-8(2)12(9(3)17)16-11(18)7-21-13-10(14(19)20)5-4-6-15-13/h4-6,8,12H,7H2,1-3H3,(H,16,18)(H,19,20). The van der Waals surface area contributed by atoms with Crippen LogP contribution in [-0.4, -0.2) is 39.5 Å². The SMILES string of the molecule is CC(=O)C(NC(=O)CSc1ncccc1C(=O)O)C(C)C. The maximum Gasteiger partial charge on any atom is 0.338 e.